The number of hydrogen-bond donors (Lipinski definition) is 2. The number of hydrogen-bond acceptors (Lipinski definition) is 6. The highest BCUT2D eigenvalue weighted by Gasteiger charge is 2.44. The molecule has 3 aliphatic rings. The number of rotatable bonds is 1. The number of anilines is 2. The molecule has 2 saturated heterocycles. The summed E-state index contributed by atoms with van der Waals surface area (Å²) in [7, 11) is 2.22. The molecule has 1 aromatic carbocycles. The van der Waals surface area contributed by atoms with E-state index < -0.39 is 0 Å². The zero-order valence-corrected chi connectivity index (χ0v) is 20.3. The first kappa shape index (κ1) is 21.5. The number of benzene rings is 1. The van der Waals surface area contributed by atoms with Crippen LogP contribution in [0.1, 0.15) is 43.3 Å². The van der Waals surface area contributed by atoms with Gasteiger partial charge in [0.1, 0.15) is 10.7 Å². The van der Waals surface area contributed by atoms with Crippen molar-refractivity contribution in [1.29, 1.82) is 0 Å². The Morgan fingerprint density at radius 1 is 1.12 bits per heavy atom. The maximum Gasteiger partial charge on any atom is 0.263 e. The first-order chi connectivity index (χ1) is 15.5. The molecular weight excluding hydrogens is 418 g/mol. The van der Waals surface area contributed by atoms with Crippen LogP contribution in [0.25, 0.3) is 21.0 Å². The van der Waals surface area contributed by atoms with Gasteiger partial charge in [0.15, 0.2) is 0 Å². The van der Waals surface area contributed by atoms with Crippen LogP contribution in [0, 0.1) is 5.41 Å². The third kappa shape index (κ3) is 3.52. The fourth-order valence-electron chi connectivity index (χ4n) is 5.23. The molecule has 2 fully saturated rings. The van der Waals surface area contributed by atoms with Gasteiger partial charge in [-0.15, -0.1) is 11.3 Å². The second kappa shape index (κ2) is 8.19. The average Bonchev–Trinajstić information content (AvgIpc) is 3.10. The van der Waals surface area contributed by atoms with Crippen LogP contribution >= 0.6 is 11.3 Å². The number of aromatic nitrogens is 1. The molecule has 5 heterocycles. The number of carbonyl (C=O) groups excluding carboxylic acids is 1. The van der Waals surface area contributed by atoms with Crippen molar-refractivity contribution in [2.75, 3.05) is 50.0 Å². The molecule has 0 saturated carbocycles. The SMILES string of the molecule is CC.C[C@@H]1CNc2c(sc3ccc4nc(N5CC6(CCN(C)CC6)C5)ccc4c23)C(=O)N1. The number of likely N-dealkylation sites (tertiary alicyclic amines) is 1. The summed E-state index contributed by atoms with van der Waals surface area (Å²) in [6.45, 7) is 11.4. The van der Waals surface area contributed by atoms with E-state index in [1.807, 2.05) is 20.8 Å². The second-order valence-corrected chi connectivity index (χ2v) is 10.4. The van der Waals surface area contributed by atoms with Gasteiger partial charge >= 0.3 is 0 Å². The Bertz CT molecular complexity index is 1160. The fourth-order valence-corrected chi connectivity index (χ4v) is 6.32. The topological polar surface area (TPSA) is 60.5 Å². The molecule has 170 valence electrons. The molecule has 6 rings (SSSR count). The lowest BCUT2D eigenvalue weighted by Gasteiger charge is -2.54. The molecule has 3 aliphatic heterocycles. The van der Waals surface area contributed by atoms with E-state index in [0.717, 1.165) is 57.0 Å². The number of thiophene rings is 1. The average molecular weight is 452 g/mol. The quantitative estimate of drug-likeness (QED) is 0.568. The standard InChI is InChI=1S/C23H27N5OS.C2H6/c1-14-11-24-20-19-15-3-6-18(28-12-23(13-28)7-9-27(2)10-8-23)26-16(15)4-5-17(19)30-21(20)22(29)25-14;1-2/h3-6,14,24H,7-13H2,1-2H3,(H,25,29);1-2H3/t14-;/m1./s1. The number of carbonyl (C=O) groups is 1. The van der Waals surface area contributed by atoms with Gasteiger partial charge in [-0.05, 0) is 64.2 Å². The summed E-state index contributed by atoms with van der Waals surface area (Å²) in [6.07, 6.45) is 2.59. The highest BCUT2D eigenvalue weighted by Crippen LogP contribution is 2.44. The monoisotopic (exact) mass is 451 g/mol. The first-order valence-corrected chi connectivity index (χ1v) is 12.7. The Hall–Kier alpha value is -2.38. The molecule has 0 radical (unpaired) electrons. The molecule has 32 heavy (non-hydrogen) atoms. The van der Waals surface area contributed by atoms with E-state index >= 15 is 0 Å². The van der Waals surface area contributed by atoms with Crippen LogP contribution < -0.4 is 15.5 Å². The number of amides is 1. The lowest BCUT2D eigenvalue weighted by molar-refractivity contribution is 0.0901. The maximum absolute atomic E-state index is 12.6. The van der Waals surface area contributed by atoms with Crippen molar-refractivity contribution < 1.29 is 4.79 Å². The Labute approximate surface area is 194 Å². The number of pyridine rings is 1. The predicted octanol–water partition coefficient (Wildman–Crippen LogP) is 4.55. The minimum atomic E-state index is 0.0189. The van der Waals surface area contributed by atoms with Crippen LogP contribution in [0.4, 0.5) is 11.5 Å². The molecule has 1 spiro atoms. The zero-order valence-electron chi connectivity index (χ0n) is 19.5. The highest BCUT2D eigenvalue weighted by molar-refractivity contribution is 7.21. The van der Waals surface area contributed by atoms with Gasteiger partial charge in [-0.3, -0.25) is 4.79 Å². The molecule has 7 heteroatoms. The van der Waals surface area contributed by atoms with Crippen LogP contribution in [0.3, 0.4) is 0 Å². The maximum atomic E-state index is 12.6. The van der Waals surface area contributed by atoms with E-state index in [-0.39, 0.29) is 11.9 Å². The van der Waals surface area contributed by atoms with E-state index in [4.69, 9.17) is 4.98 Å². The van der Waals surface area contributed by atoms with Crippen molar-refractivity contribution in [3.05, 3.63) is 29.1 Å². The Morgan fingerprint density at radius 3 is 2.62 bits per heavy atom. The molecule has 0 unspecified atom stereocenters. The molecule has 0 aliphatic carbocycles. The molecule has 2 aromatic heterocycles. The van der Waals surface area contributed by atoms with Crippen LogP contribution in [0.15, 0.2) is 24.3 Å². The zero-order chi connectivity index (χ0) is 22.5. The number of fused-ring (bicyclic) bond motifs is 5. The van der Waals surface area contributed by atoms with Crippen molar-refractivity contribution in [2.24, 2.45) is 5.41 Å². The highest BCUT2D eigenvalue weighted by atomic mass is 32.1. The van der Waals surface area contributed by atoms with Gasteiger partial charge in [0.2, 0.25) is 0 Å². The minimum Gasteiger partial charge on any atom is -0.381 e. The largest absolute Gasteiger partial charge is 0.381 e. The summed E-state index contributed by atoms with van der Waals surface area (Å²) >= 11 is 1.56. The van der Waals surface area contributed by atoms with Crippen LogP contribution in [0.5, 0.6) is 0 Å². The van der Waals surface area contributed by atoms with Crippen molar-refractivity contribution in [1.82, 2.24) is 15.2 Å². The van der Waals surface area contributed by atoms with E-state index in [2.05, 4.69) is 51.7 Å². The van der Waals surface area contributed by atoms with Crippen molar-refractivity contribution >= 4 is 49.7 Å². The number of nitrogens with zero attached hydrogens (tertiary/aromatic N) is 3. The van der Waals surface area contributed by atoms with Crippen LogP contribution in [-0.2, 0) is 0 Å². The summed E-state index contributed by atoms with van der Waals surface area (Å²) in [5.41, 5.74) is 2.46. The molecule has 1 amide bonds. The number of piperidine rings is 1. The van der Waals surface area contributed by atoms with Gasteiger partial charge in [-0.1, -0.05) is 13.8 Å². The molecule has 1 atom stereocenters. The normalized spacial score (nSPS) is 22.4. The molecule has 2 N–H and O–H groups in total. The van der Waals surface area contributed by atoms with E-state index in [1.54, 1.807) is 11.3 Å². The lowest BCUT2D eigenvalue weighted by Crippen LogP contribution is -2.60. The van der Waals surface area contributed by atoms with Gasteiger partial charge < -0.3 is 20.4 Å². The van der Waals surface area contributed by atoms with Crippen LogP contribution in [0.2, 0.25) is 0 Å². The fraction of sp³-hybridized carbons (Fsp3) is 0.520. The van der Waals surface area contributed by atoms with Gasteiger partial charge in [0.05, 0.1) is 11.2 Å². The molecule has 3 aromatic rings. The molecular formula is C25H33N5OS. The third-order valence-electron chi connectivity index (χ3n) is 7.10. The van der Waals surface area contributed by atoms with Gasteiger partial charge in [-0.25, -0.2) is 4.98 Å². The summed E-state index contributed by atoms with van der Waals surface area (Å²) in [5.74, 6) is 1.09. The van der Waals surface area contributed by atoms with Gasteiger partial charge in [0.25, 0.3) is 5.91 Å². The van der Waals surface area contributed by atoms with E-state index in [9.17, 15) is 4.79 Å². The van der Waals surface area contributed by atoms with Gasteiger partial charge in [0, 0.05) is 46.6 Å². The molecule has 0 bridgehead atoms. The summed E-state index contributed by atoms with van der Waals surface area (Å²) < 4.78 is 1.13. The Morgan fingerprint density at radius 2 is 1.88 bits per heavy atom. The van der Waals surface area contributed by atoms with Crippen LogP contribution in [-0.4, -0.2) is 61.6 Å². The van der Waals surface area contributed by atoms with E-state index in [0.29, 0.717) is 5.41 Å². The van der Waals surface area contributed by atoms with Crippen molar-refractivity contribution in [3.8, 4) is 0 Å². The Kier molecular flexibility index (Phi) is 5.50. The predicted molar refractivity (Wildman–Crippen MR) is 135 cm³/mol. The summed E-state index contributed by atoms with van der Waals surface area (Å²) in [5, 5.41) is 8.82. The minimum absolute atomic E-state index is 0.0189. The lowest BCUT2D eigenvalue weighted by atomic mass is 9.72. The van der Waals surface area contributed by atoms with Gasteiger partial charge in [-0.2, -0.15) is 0 Å². The second-order valence-electron chi connectivity index (χ2n) is 9.40. The van der Waals surface area contributed by atoms with Crippen molar-refractivity contribution in [3.63, 3.8) is 0 Å². The molecule has 6 nitrogen and oxygen atoms in total. The summed E-state index contributed by atoms with van der Waals surface area (Å²) in [4.78, 5) is 23.3. The van der Waals surface area contributed by atoms with E-state index in [1.165, 1.54) is 25.9 Å². The van der Waals surface area contributed by atoms with Crippen molar-refractivity contribution in [2.45, 2.75) is 39.7 Å². The Balaban J connectivity index is 0.00000105. The smallest absolute Gasteiger partial charge is 0.263 e. The first-order valence-electron chi connectivity index (χ1n) is 11.9. The third-order valence-corrected chi connectivity index (χ3v) is 8.25. The summed E-state index contributed by atoms with van der Waals surface area (Å²) in [6, 6.07) is 8.68. The number of nitrogens with one attached hydrogen (secondary N) is 2.